The van der Waals surface area contributed by atoms with Gasteiger partial charge >= 0.3 is 0 Å². The molecule has 0 saturated carbocycles. The van der Waals surface area contributed by atoms with Gasteiger partial charge in [0.1, 0.15) is 19.1 Å². The fourth-order valence-corrected chi connectivity index (χ4v) is 2.24. The van der Waals surface area contributed by atoms with E-state index < -0.39 is 0 Å². The van der Waals surface area contributed by atoms with Gasteiger partial charge in [-0.05, 0) is 24.5 Å². The van der Waals surface area contributed by atoms with Gasteiger partial charge in [-0.25, -0.2) is 0 Å². The number of ether oxygens (including phenoxy) is 3. The van der Waals surface area contributed by atoms with Crippen LogP contribution in [0.4, 0.5) is 0 Å². The molecule has 1 aromatic carbocycles. The van der Waals surface area contributed by atoms with Gasteiger partial charge in [0.05, 0.1) is 7.11 Å². The molecule has 1 unspecified atom stereocenters. The molecule has 1 rings (SSSR count). The molecule has 1 N–H and O–H groups in total. The second-order valence-electron chi connectivity index (χ2n) is 4.66. The van der Waals surface area contributed by atoms with Crippen LogP contribution in [0, 0.1) is 11.8 Å². The van der Waals surface area contributed by atoms with Gasteiger partial charge in [-0.3, -0.25) is 0 Å². The topological polar surface area (TPSA) is 47.9 Å². The molecule has 0 bridgehead atoms. The van der Waals surface area contributed by atoms with E-state index in [1.165, 1.54) is 0 Å². The predicted molar refractivity (Wildman–Crippen MR) is 86.9 cm³/mol. The van der Waals surface area contributed by atoms with Crippen LogP contribution in [0.5, 0.6) is 5.75 Å². The molecule has 0 radical (unpaired) electrons. The molecule has 0 aliphatic rings. The molecule has 4 heteroatoms. The lowest BCUT2D eigenvalue weighted by Gasteiger charge is -2.17. The van der Waals surface area contributed by atoms with E-state index in [0.29, 0.717) is 19.4 Å². The van der Waals surface area contributed by atoms with Crippen LogP contribution in [0.25, 0.3) is 0 Å². The van der Waals surface area contributed by atoms with E-state index in [-0.39, 0.29) is 19.3 Å². The van der Waals surface area contributed by atoms with Gasteiger partial charge in [0.25, 0.3) is 0 Å². The average molecular weight is 304 g/mol. The Bertz CT molecular complexity index is 514. The Kier molecular flexibility index (Phi) is 9.01. The number of hydrogen-bond donors (Lipinski definition) is 1. The van der Waals surface area contributed by atoms with Gasteiger partial charge in [0, 0.05) is 25.2 Å². The molecule has 4 nitrogen and oxygen atoms in total. The number of hydrogen-bond acceptors (Lipinski definition) is 4. The van der Waals surface area contributed by atoms with Crippen LogP contribution in [0.1, 0.15) is 23.5 Å². The maximum atomic E-state index is 9.32. The quantitative estimate of drug-likeness (QED) is 0.330. The summed E-state index contributed by atoms with van der Waals surface area (Å²) in [5, 5.41) is 9.32. The highest BCUT2D eigenvalue weighted by molar-refractivity contribution is 5.45. The first kappa shape index (κ1) is 18.2. The SMILES string of the molecule is C=CCc1c(OC)cccc1C(C#CCOCOC)CCO. The van der Waals surface area contributed by atoms with Crippen LogP contribution in [0.2, 0.25) is 0 Å². The van der Waals surface area contributed by atoms with Crippen molar-refractivity contribution in [1.82, 2.24) is 0 Å². The second-order valence-corrected chi connectivity index (χ2v) is 4.66. The van der Waals surface area contributed by atoms with E-state index in [0.717, 1.165) is 16.9 Å². The molecule has 0 aromatic heterocycles. The molecule has 0 heterocycles. The van der Waals surface area contributed by atoms with Crippen molar-refractivity contribution in [3.8, 4) is 17.6 Å². The lowest BCUT2D eigenvalue weighted by molar-refractivity contribution is -0.0166. The second kappa shape index (κ2) is 10.9. The van der Waals surface area contributed by atoms with Gasteiger partial charge < -0.3 is 19.3 Å². The Balaban J connectivity index is 3.01. The summed E-state index contributed by atoms with van der Waals surface area (Å²) in [6.07, 6.45) is 3.10. The summed E-state index contributed by atoms with van der Waals surface area (Å²) in [5.41, 5.74) is 2.12. The zero-order chi connectivity index (χ0) is 16.2. The normalized spacial score (nSPS) is 11.4. The molecule has 0 aliphatic heterocycles. The van der Waals surface area contributed by atoms with Crippen molar-refractivity contribution in [3.63, 3.8) is 0 Å². The van der Waals surface area contributed by atoms with Crippen molar-refractivity contribution in [2.24, 2.45) is 0 Å². The minimum atomic E-state index is -0.0683. The molecule has 0 saturated heterocycles. The van der Waals surface area contributed by atoms with Crippen molar-refractivity contribution in [2.45, 2.75) is 18.8 Å². The highest BCUT2D eigenvalue weighted by Gasteiger charge is 2.15. The van der Waals surface area contributed by atoms with E-state index in [1.807, 2.05) is 24.3 Å². The highest BCUT2D eigenvalue weighted by Crippen LogP contribution is 2.30. The van der Waals surface area contributed by atoms with E-state index in [2.05, 4.69) is 18.4 Å². The molecular formula is C18H24O4. The van der Waals surface area contributed by atoms with Crippen LogP contribution in [-0.2, 0) is 15.9 Å². The number of aliphatic hydroxyl groups is 1. The first-order valence-electron chi connectivity index (χ1n) is 7.21. The molecule has 120 valence electrons. The summed E-state index contributed by atoms with van der Waals surface area (Å²) >= 11 is 0. The molecule has 0 spiro atoms. The number of rotatable bonds is 9. The minimum Gasteiger partial charge on any atom is -0.496 e. The Hall–Kier alpha value is -1.80. The highest BCUT2D eigenvalue weighted by atomic mass is 16.7. The molecule has 0 amide bonds. The average Bonchev–Trinajstić information content (AvgIpc) is 2.54. The molecular weight excluding hydrogens is 280 g/mol. The lowest BCUT2D eigenvalue weighted by atomic mass is 9.90. The van der Waals surface area contributed by atoms with Gasteiger partial charge in [-0.15, -0.1) is 6.58 Å². The van der Waals surface area contributed by atoms with Crippen LogP contribution >= 0.6 is 0 Å². The van der Waals surface area contributed by atoms with E-state index >= 15 is 0 Å². The van der Waals surface area contributed by atoms with Crippen LogP contribution in [0.15, 0.2) is 30.9 Å². The molecule has 1 aromatic rings. The zero-order valence-corrected chi connectivity index (χ0v) is 13.3. The lowest BCUT2D eigenvalue weighted by Crippen LogP contribution is -2.05. The standard InChI is InChI=1S/C18H24O4/c1-4-7-17-16(9-5-10-18(17)21-3)15(11-12-19)8-6-13-22-14-20-2/h4-5,9-10,15,19H,1,7,11-14H2,2-3H3. The largest absolute Gasteiger partial charge is 0.496 e. The van der Waals surface area contributed by atoms with Gasteiger partial charge in [-0.1, -0.05) is 30.0 Å². The maximum absolute atomic E-state index is 9.32. The monoisotopic (exact) mass is 304 g/mol. The Morgan fingerprint density at radius 3 is 2.82 bits per heavy atom. The van der Waals surface area contributed by atoms with Gasteiger partial charge in [0.2, 0.25) is 0 Å². The summed E-state index contributed by atoms with van der Waals surface area (Å²) in [6.45, 7) is 4.40. The third kappa shape index (κ3) is 5.53. The first-order chi connectivity index (χ1) is 10.8. The molecule has 1 atom stereocenters. The Labute approximate surface area is 132 Å². The summed E-state index contributed by atoms with van der Waals surface area (Å²) in [5.74, 6) is 6.90. The number of benzene rings is 1. The first-order valence-corrected chi connectivity index (χ1v) is 7.21. The Morgan fingerprint density at radius 1 is 1.36 bits per heavy atom. The fourth-order valence-electron chi connectivity index (χ4n) is 2.24. The van der Waals surface area contributed by atoms with E-state index in [9.17, 15) is 5.11 Å². The molecule has 0 aliphatic carbocycles. The van der Waals surface area contributed by atoms with Crippen LogP contribution in [0.3, 0.4) is 0 Å². The summed E-state index contributed by atoms with van der Waals surface area (Å²) < 4.78 is 15.4. The van der Waals surface area contributed by atoms with Crippen molar-refractivity contribution in [1.29, 1.82) is 0 Å². The van der Waals surface area contributed by atoms with Crippen LogP contribution in [-0.4, -0.2) is 39.3 Å². The summed E-state index contributed by atoms with van der Waals surface area (Å²) in [4.78, 5) is 0. The summed E-state index contributed by atoms with van der Waals surface area (Å²) in [7, 11) is 3.22. The molecule has 0 fully saturated rings. The minimum absolute atomic E-state index is 0.0683. The van der Waals surface area contributed by atoms with Gasteiger partial charge in [0.15, 0.2) is 0 Å². The fraction of sp³-hybridized carbons (Fsp3) is 0.444. The van der Waals surface area contributed by atoms with Crippen LogP contribution < -0.4 is 4.74 Å². The third-order valence-electron chi connectivity index (χ3n) is 3.18. The molecule has 22 heavy (non-hydrogen) atoms. The Morgan fingerprint density at radius 2 is 2.18 bits per heavy atom. The zero-order valence-electron chi connectivity index (χ0n) is 13.3. The maximum Gasteiger partial charge on any atom is 0.147 e. The van der Waals surface area contributed by atoms with E-state index in [4.69, 9.17) is 14.2 Å². The van der Waals surface area contributed by atoms with Crippen molar-refractivity contribution < 1.29 is 19.3 Å². The van der Waals surface area contributed by atoms with Crippen molar-refractivity contribution >= 4 is 0 Å². The predicted octanol–water partition coefficient (Wildman–Crippen LogP) is 2.51. The number of methoxy groups -OCH3 is 2. The summed E-state index contributed by atoms with van der Waals surface area (Å²) in [6, 6.07) is 5.88. The van der Waals surface area contributed by atoms with Gasteiger partial charge in [-0.2, -0.15) is 0 Å². The number of allylic oxidation sites excluding steroid dienone is 1. The number of aliphatic hydroxyl groups excluding tert-OH is 1. The van der Waals surface area contributed by atoms with Crippen molar-refractivity contribution in [3.05, 3.63) is 42.0 Å². The van der Waals surface area contributed by atoms with Crippen molar-refractivity contribution in [2.75, 3.05) is 34.2 Å². The van der Waals surface area contributed by atoms with E-state index in [1.54, 1.807) is 14.2 Å². The third-order valence-corrected chi connectivity index (χ3v) is 3.18. The smallest absolute Gasteiger partial charge is 0.147 e.